The number of rotatable bonds is 1. The molecule has 14 heavy (non-hydrogen) atoms. The molecule has 0 fully saturated rings. The highest BCUT2D eigenvalue weighted by Gasteiger charge is 1.84. The Labute approximate surface area is 87.4 Å². The lowest BCUT2D eigenvalue weighted by Crippen LogP contribution is -1.89. The molecule has 0 atom stereocenters. The van der Waals surface area contributed by atoms with Gasteiger partial charge in [-0.15, -0.1) is 0 Å². The van der Waals surface area contributed by atoms with Crippen molar-refractivity contribution in [3.8, 4) is 0 Å². The first kappa shape index (κ1) is 13.1. The van der Waals surface area contributed by atoms with Crippen molar-refractivity contribution in [2.45, 2.75) is 0 Å². The van der Waals surface area contributed by atoms with Gasteiger partial charge in [0, 0.05) is 5.54 Å². The van der Waals surface area contributed by atoms with Gasteiger partial charge in [0.2, 0.25) is 0 Å². The first-order valence-corrected chi connectivity index (χ1v) is 5.28. The molecule has 0 heterocycles. The summed E-state index contributed by atoms with van der Waals surface area (Å²) in [5, 5.41) is 0. The van der Waals surface area contributed by atoms with Crippen LogP contribution < -0.4 is 0 Å². The van der Waals surface area contributed by atoms with Crippen LogP contribution in [0, 0.1) is 0 Å². The van der Waals surface area contributed by atoms with Gasteiger partial charge in [-0.25, -0.2) is 0 Å². The maximum absolute atomic E-state index is 8.74. The smallest absolute Gasteiger partial charge is 0.264 e. The number of halogens is 1. The van der Waals surface area contributed by atoms with Crippen LogP contribution in [-0.2, 0) is 10.4 Å². The van der Waals surface area contributed by atoms with Crippen LogP contribution in [-0.4, -0.2) is 17.5 Å². The second kappa shape index (κ2) is 6.56. The van der Waals surface area contributed by atoms with Crippen LogP contribution in [0.15, 0.2) is 35.9 Å². The van der Waals surface area contributed by atoms with Crippen LogP contribution in [0.5, 0.6) is 0 Å². The zero-order chi connectivity index (χ0) is 11.0. The highest BCUT2D eigenvalue weighted by atomic mass is 35.5. The van der Waals surface area contributed by atoms with Crippen molar-refractivity contribution in [1.29, 1.82) is 0 Å². The average molecular weight is 237 g/mol. The van der Waals surface area contributed by atoms with E-state index >= 15 is 0 Å². The van der Waals surface area contributed by atoms with Gasteiger partial charge in [-0.1, -0.05) is 41.9 Å². The molecule has 0 spiro atoms. The van der Waals surface area contributed by atoms with Gasteiger partial charge in [0.1, 0.15) is 0 Å². The van der Waals surface area contributed by atoms with Gasteiger partial charge in [0.25, 0.3) is 0 Å². The fourth-order valence-electron chi connectivity index (χ4n) is 0.637. The van der Waals surface area contributed by atoms with Crippen molar-refractivity contribution in [1.82, 2.24) is 0 Å². The molecule has 2 N–H and O–H groups in total. The third kappa shape index (κ3) is 11.1. The number of hydrogen-bond acceptors (Lipinski definition) is 2. The van der Waals surface area contributed by atoms with E-state index in [0.29, 0.717) is 0 Å². The van der Waals surface area contributed by atoms with Crippen LogP contribution in [0.3, 0.4) is 0 Å². The molecule has 0 aromatic heterocycles. The minimum absolute atomic E-state index is 1.13. The molecule has 4 nitrogen and oxygen atoms in total. The summed E-state index contributed by atoms with van der Waals surface area (Å²) in [6, 6.07) is 9.93. The Morgan fingerprint density at radius 1 is 1.14 bits per heavy atom. The summed E-state index contributed by atoms with van der Waals surface area (Å²) in [5.41, 5.74) is 2.64. The molecule has 0 radical (unpaired) electrons. The van der Waals surface area contributed by atoms with E-state index in [-0.39, 0.29) is 0 Å². The zero-order valence-electron chi connectivity index (χ0n) is 7.04. The monoisotopic (exact) mass is 236 g/mol. The van der Waals surface area contributed by atoms with Crippen molar-refractivity contribution in [2.75, 3.05) is 0 Å². The van der Waals surface area contributed by atoms with Crippen LogP contribution in [0.25, 0.3) is 6.08 Å². The molecule has 1 aromatic carbocycles. The van der Waals surface area contributed by atoms with Gasteiger partial charge in [0.15, 0.2) is 0 Å². The Balaban J connectivity index is 0.000000292. The molecule has 0 saturated carbocycles. The van der Waals surface area contributed by atoms with Gasteiger partial charge in [-0.05, 0) is 11.6 Å². The third-order valence-electron chi connectivity index (χ3n) is 1.06. The minimum Gasteiger partial charge on any atom is -0.264 e. The van der Waals surface area contributed by atoms with E-state index in [9.17, 15) is 0 Å². The Hall–Kier alpha value is -0.880. The van der Waals surface area contributed by atoms with E-state index in [1.807, 2.05) is 36.4 Å². The summed E-state index contributed by atoms with van der Waals surface area (Å²) in [5.74, 6) is 0. The normalized spacial score (nSPS) is 10.8. The molecular formula is C8H9ClO4S. The molecule has 1 aromatic rings. The fourth-order valence-corrected chi connectivity index (χ4v) is 0.782. The van der Waals surface area contributed by atoms with Gasteiger partial charge < -0.3 is 0 Å². The maximum atomic E-state index is 8.74. The van der Waals surface area contributed by atoms with Crippen molar-refractivity contribution >= 4 is 28.1 Å². The first-order valence-electron chi connectivity index (χ1n) is 3.45. The molecular weight excluding hydrogens is 228 g/mol. The summed E-state index contributed by atoms with van der Waals surface area (Å²) in [7, 11) is -4.67. The standard InChI is InChI=1S/C8H7Cl.H2O4S/c9-7-6-8-4-2-1-3-5-8;1-5(2,3)4/h1-7H;(H2,1,2,3,4). The van der Waals surface area contributed by atoms with Gasteiger partial charge >= 0.3 is 10.4 Å². The lowest BCUT2D eigenvalue weighted by atomic mass is 10.2. The summed E-state index contributed by atoms with van der Waals surface area (Å²) in [6.45, 7) is 0. The molecule has 6 heteroatoms. The fraction of sp³-hybridized carbons (Fsp3) is 0. The van der Waals surface area contributed by atoms with E-state index in [2.05, 4.69) is 0 Å². The number of benzene rings is 1. The van der Waals surface area contributed by atoms with Gasteiger partial charge in [-0.3, -0.25) is 9.11 Å². The molecule has 0 aliphatic rings. The Bertz CT molecular complexity index is 364. The molecule has 0 aliphatic carbocycles. The summed E-state index contributed by atoms with van der Waals surface area (Å²) >= 11 is 5.36. The van der Waals surface area contributed by atoms with E-state index in [1.165, 1.54) is 5.54 Å². The Kier molecular flexibility index (Phi) is 6.14. The molecule has 78 valence electrons. The molecule has 0 bridgehead atoms. The predicted molar refractivity (Wildman–Crippen MR) is 55.5 cm³/mol. The highest BCUT2D eigenvalue weighted by Crippen LogP contribution is 2.00. The quantitative estimate of drug-likeness (QED) is 0.734. The predicted octanol–water partition coefficient (Wildman–Crippen LogP) is 2.24. The van der Waals surface area contributed by atoms with Crippen molar-refractivity contribution in [3.63, 3.8) is 0 Å². The second-order valence-corrected chi connectivity index (χ2v) is 3.30. The van der Waals surface area contributed by atoms with Crippen LogP contribution in [0.2, 0.25) is 0 Å². The molecule has 0 unspecified atom stereocenters. The maximum Gasteiger partial charge on any atom is 0.394 e. The zero-order valence-corrected chi connectivity index (χ0v) is 8.61. The van der Waals surface area contributed by atoms with Crippen LogP contribution in [0.1, 0.15) is 5.56 Å². The van der Waals surface area contributed by atoms with Gasteiger partial charge in [-0.2, -0.15) is 8.42 Å². The lowest BCUT2D eigenvalue weighted by Gasteiger charge is -1.86. The summed E-state index contributed by atoms with van der Waals surface area (Å²) < 4.78 is 31.6. The number of hydrogen-bond donors (Lipinski definition) is 2. The summed E-state index contributed by atoms with van der Waals surface area (Å²) in [4.78, 5) is 0. The van der Waals surface area contributed by atoms with Crippen molar-refractivity contribution in [2.24, 2.45) is 0 Å². The molecule has 0 saturated heterocycles. The topological polar surface area (TPSA) is 74.6 Å². The van der Waals surface area contributed by atoms with E-state index in [0.717, 1.165) is 5.56 Å². The lowest BCUT2D eigenvalue weighted by molar-refractivity contribution is 0.381. The SMILES string of the molecule is ClC=Cc1ccccc1.O=S(=O)(O)O. The average Bonchev–Trinajstić information content (AvgIpc) is 2.03. The molecule has 0 amide bonds. The van der Waals surface area contributed by atoms with Crippen molar-refractivity contribution < 1.29 is 17.5 Å². The molecule has 1 rings (SSSR count). The first-order chi connectivity index (χ1) is 6.43. The van der Waals surface area contributed by atoms with E-state index in [1.54, 1.807) is 0 Å². The van der Waals surface area contributed by atoms with Crippen LogP contribution >= 0.6 is 11.6 Å². The molecule has 0 aliphatic heterocycles. The Morgan fingerprint density at radius 3 is 1.93 bits per heavy atom. The highest BCUT2D eigenvalue weighted by molar-refractivity contribution is 7.79. The third-order valence-corrected chi connectivity index (χ3v) is 1.18. The van der Waals surface area contributed by atoms with Crippen LogP contribution in [0.4, 0.5) is 0 Å². The summed E-state index contributed by atoms with van der Waals surface area (Å²) in [6.07, 6.45) is 1.85. The Morgan fingerprint density at radius 2 is 1.57 bits per heavy atom. The van der Waals surface area contributed by atoms with E-state index in [4.69, 9.17) is 29.1 Å². The van der Waals surface area contributed by atoms with Gasteiger partial charge in [0.05, 0.1) is 0 Å². The second-order valence-electron chi connectivity index (χ2n) is 2.15. The van der Waals surface area contributed by atoms with Crippen molar-refractivity contribution in [3.05, 3.63) is 41.4 Å². The largest absolute Gasteiger partial charge is 0.394 e. The minimum atomic E-state index is -4.67. The van der Waals surface area contributed by atoms with E-state index < -0.39 is 10.4 Å².